The van der Waals surface area contributed by atoms with Crippen LogP contribution in [0.3, 0.4) is 0 Å². The molecule has 4 amide bonds. The van der Waals surface area contributed by atoms with Gasteiger partial charge in [0, 0.05) is 23.2 Å². The zero-order chi connectivity index (χ0) is 19.6. The van der Waals surface area contributed by atoms with Gasteiger partial charge in [-0.2, -0.15) is 0 Å². The predicted molar refractivity (Wildman–Crippen MR) is 107 cm³/mol. The normalized spacial score (nSPS) is 12.9. The summed E-state index contributed by atoms with van der Waals surface area (Å²) in [6.07, 6.45) is 0.479. The van der Waals surface area contributed by atoms with E-state index >= 15 is 0 Å². The van der Waals surface area contributed by atoms with Gasteiger partial charge in [-0.05, 0) is 61.7 Å². The van der Waals surface area contributed by atoms with Crippen molar-refractivity contribution in [2.24, 2.45) is 0 Å². The molecular weight excluding hydrogens is 410 g/mol. The molecule has 2 aromatic rings. The molecule has 7 heteroatoms. The number of nitrogens with zero attached hydrogens (tertiary/aromatic N) is 1. The molecule has 0 aliphatic carbocycles. The van der Waals surface area contributed by atoms with Crippen molar-refractivity contribution in [1.82, 2.24) is 10.2 Å². The molecule has 2 aromatic carbocycles. The van der Waals surface area contributed by atoms with Crippen LogP contribution in [0.2, 0.25) is 0 Å². The van der Waals surface area contributed by atoms with Crippen molar-refractivity contribution >= 4 is 39.5 Å². The molecule has 0 radical (unpaired) electrons. The summed E-state index contributed by atoms with van der Waals surface area (Å²) in [7, 11) is 0. The molecule has 0 bridgehead atoms. The third-order valence-electron chi connectivity index (χ3n) is 4.26. The molecule has 1 heterocycles. The van der Waals surface area contributed by atoms with Crippen LogP contribution < -0.4 is 10.6 Å². The van der Waals surface area contributed by atoms with Gasteiger partial charge in [0.25, 0.3) is 11.8 Å². The fourth-order valence-electron chi connectivity index (χ4n) is 3.13. The molecule has 0 spiro atoms. The average Bonchev–Trinajstić information content (AvgIpc) is 2.81. The minimum absolute atomic E-state index is 0.258. The number of carbonyl (C=O) groups is 3. The molecular formula is C20H20BrN3O3. The summed E-state index contributed by atoms with van der Waals surface area (Å²) in [6, 6.07) is 10.6. The molecule has 0 fully saturated rings. The van der Waals surface area contributed by atoms with Crippen molar-refractivity contribution < 1.29 is 14.4 Å². The van der Waals surface area contributed by atoms with Gasteiger partial charge in [-0.1, -0.05) is 22.0 Å². The van der Waals surface area contributed by atoms with Crippen molar-refractivity contribution in [3.8, 4) is 0 Å². The van der Waals surface area contributed by atoms with Gasteiger partial charge < -0.3 is 10.6 Å². The number of aryl methyl sites for hydroxylation is 2. The Kier molecular flexibility index (Phi) is 5.60. The maximum Gasteiger partial charge on any atom is 0.319 e. The quantitative estimate of drug-likeness (QED) is 0.559. The summed E-state index contributed by atoms with van der Waals surface area (Å²) in [4.78, 5) is 37.9. The number of anilines is 1. The zero-order valence-corrected chi connectivity index (χ0v) is 16.7. The number of urea groups is 1. The number of nitrogens with one attached hydrogen (secondary N) is 2. The zero-order valence-electron chi connectivity index (χ0n) is 15.1. The monoisotopic (exact) mass is 429 g/mol. The molecule has 6 nitrogen and oxygen atoms in total. The second kappa shape index (κ2) is 7.92. The highest BCUT2D eigenvalue weighted by Crippen LogP contribution is 2.26. The van der Waals surface area contributed by atoms with Gasteiger partial charge in [0.2, 0.25) is 0 Å². The van der Waals surface area contributed by atoms with E-state index in [4.69, 9.17) is 0 Å². The number of carbonyl (C=O) groups excluding carboxylic acids is 3. The molecule has 0 saturated carbocycles. The average molecular weight is 430 g/mol. The molecule has 0 atom stereocenters. The second-order valence-electron chi connectivity index (χ2n) is 6.56. The van der Waals surface area contributed by atoms with Crippen LogP contribution in [-0.2, 0) is 0 Å². The lowest BCUT2D eigenvalue weighted by atomic mass is 10.1. The van der Waals surface area contributed by atoms with Gasteiger partial charge in [-0.15, -0.1) is 0 Å². The number of benzene rings is 2. The Morgan fingerprint density at radius 1 is 1.00 bits per heavy atom. The smallest absolute Gasteiger partial charge is 0.319 e. The molecule has 1 aliphatic rings. The van der Waals surface area contributed by atoms with Crippen molar-refractivity contribution in [3.63, 3.8) is 0 Å². The standard InChI is InChI=1S/C20H20BrN3O3/c1-12-8-13(2)10-15(9-12)23-20(27)22-6-3-7-24-18(25)16-5-4-14(21)11-17(16)19(24)26/h4-5,8-11H,3,6-7H2,1-2H3,(H2,22,23,27). The van der Waals surface area contributed by atoms with E-state index in [0.717, 1.165) is 21.3 Å². The fraction of sp³-hybridized carbons (Fsp3) is 0.250. The van der Waals surface area contributed by atoms with Crippen LogP contribution in [0.25, 0.3) is 0 Å². The number of hydrogen-bond acceptors (Lipinski definition) is 3. The van der Waals surface area contributed by atoms with Gasteiger partial charge in [0.15, 0.2) is 0 Å². The van der Waals surface area contributed by atoms with Gasteiger partial charge in [-0.25, -0.2) is 4.79 Å². The van der Waals surface area contributed by atoms with Gasteiger partial charge >= 0.3 is 6.03 Å². The first-order valence-corrected chi connectivity index (χ1v) is 9.43. The molecule has 140 valence electrons. The van der Waals surface area contributed by atoms with Crippen LogP contribution in [0, 0.1) is 13.8 Å². The number of halogens is 1. The Labute approximate surface area is 166 Å². The molecule has 0 saturated heterocycles. The van der Waals surface area contributed by atoms with Gasteiger partial charge in [0.05, 0.1) is 11.1 Å². The highest BCUT2D eigenvalue weighted by molar-refractivity contribution is 9.10. The summed E-state index contributed by atoms with van der Waals surface area (Å²) in [5.74, 6) is -0.585. The van der Waals surface area contributed by atoms with Gasteiger partial charge in [-0.3, -0.25) is 14.5 Å². The first-order chi connectivity index (χ1) is 12.8. The minimum Gasteiger partial charge on any atom is -0.338 e. The summed E-state index contributed by atoms with van der Waals surface area (Å²) in [6.45, 7) is 4.55. The van der Waals surface area contributed by atoms with E-state index in [-0.39, 0.29) is 24.4 Å². The van der Waals surface area contributed by atoms with E-state index in [1.807, 2.05) is 32.0 Å². The first-order valence-electron chi connectivity index (χ1n) is 8.64. The highest BCUT2D eigenvalue weighted by atomic mass is 79.9. The van der Waals surface area contributed by atoms with Crippen molar-refractivity contribution in [1.29, 1.82) is 0 Å². The minimum atomic E-state index is -0.314. The Morgan fingerprint density at radius 3 is 2.37 bits per heavy atom. The highest BCUT2D eigenvalue weighted by Gasteiger charge is 2.34. The SMILES string of the molecule is Cc1cc(C)cc(NC(=O)NCCCN2C(=O)c3ccc(Br)cc3C2=O)c1. The fourth-order valence-corrected chi connectivity index (χ4v) is 3.49. The maximum absolute atomic E-state index is 12.4. The molecule has 0 aromatic heterocycles. The van der Waals surface area contributed by atoms with E-state index in [1.54, 1.807) is 18.2 Å². The van der Waals surface area contributed by atoms with Gasteiger partial charge in [0.1, 0.15) is 0 Å². The Hall–Kier alpha value is -2.67. The van der Waals surface area contributed by atoms with E-state index < -0.39 is 0 Å². The molecule has 3 rings (SSSR count). The number of fused-ring (bicyclic) bond motifs is 1. The van der Waals surface area contributed by atoms with E-state index in [2.05, 4.69) is 26.6 Å². The number of hydrogen-bond donors (Lipinski definition) is 2. The van der Waals surface area contributed by atoms with E-state index in [1.165, 1.54) is 4.90 Å². The number of amides is 4. The van der Waals surface area contributed by atoms with Crippen LogP contribution in [0.4, 0.5) is 10.5 Å². The molecule has 0 unspecified atom stereocenters. The molecule has 1 aliphatic heterocycles. The topological polar surface area (TPSA) is 78.5 Å². The lowest BCUT2D eigenvalue weighted by Crippen LogP contribution is -2.35. The van der Waals surface area contributed by atoms with Crippen LogP contribution in [0.5, 0.6) is 0 Å². The van der Waals surface area contributed by atoms with Crippen LogP contribution in [0.15, 0.2) is 40.9 Å². The number of rotatable bonds is 5. The largest absolute Gasteiger partial charge is 0.338 e. The molecule has 2 N–H and O–H groups in total. The van der Waals surface area contributed by atoms with Crippen molar-refractivity contribution in [3.05, 3.63) is 63.1 Å². The lowest BCUT2D eigenvalue weighted by Gasteiger charge is -2.14. The third-order valence-corrected chi connectivity index (χ3v) is 4.75. The maximum atomic E-state index is 12.4. The second-order valence-corrected chi connectivity index (χ2v) is 7.48. The third kappa shape index (κ3) is 4.36. The number of imide groups is 1. The lowest BCUT2D eigenvalue weighted by molar-refractivity contribution is 0.0653. The van der Waals surface area contributed by atoms with Crippen molar-refractivity contribution in [2.75, 3.05) is 18.4 Å². The summed E-state index contributed by atoms with van der Waals surface area (Å²) in [5.41, 5.74) is 3.71. The Morgan fingerprint density at radius 2 is 1.67 bits per heavy atom. The summed E-state index contributed by atoms with van der Waals surface area (Å²) >= 11 is 3.31. The Bertz CT molecular complexity index is 906. The van der Waals surface area contributed by atoms with Crippen LogP contribution in [0.1, 0.15) is 38.3 Å². The summed E-state index contributed by atoms with van der Waals surface area (Å²) < 4.78 is 0.758. The van der Waals surface area contributed by atoms with Crippen LogP contribution >= 0.6 is 15.9 Å². The van der Waals surface area contributed by atoms with Crippen LogP contribution in [-0.4, -0.2) is 35.8 Å². The summed E-state index contributed by atoms with van der Waals surface area (Å²) in [5, 5.41) is 5.53. The van der Waals surface area contributed by atoms with E-state index in [0.29, 0.717) is 24.1 Å². The predicted octanol–water partition coefficient (Wildman–Crippen LogP) is 3.87. The van der Waals surface area contributed by atoms with Crippen molar-refractivity contribution in [2.45, 2.75) is 20.3 Å². The first kappa shape index (κ1) is 19.1. The molecule has 27 heavy (non-hydrogen) atoms. The Balaban J connectivity index is 1.48. The van der Waals surface area contributed by atoms with E-state index in [9.17, 15) is 14.4 Å².